The summed E-state index contributed by atoms with van der Waals surface area (Å²) < 4.78 is 10.7. The molecule has 1 saturated heterocycles. The summed E-state index contributed by atoms with van der Waals surface area (Å²) in [5, 5.41) is 11.5. The first-order valence-corrected chi connectivity index (χ1v) is 11.1. The number of aliphatic hydroxyl groups is 1. The van der Waals surface area contributed by atoms with E-state index in [0.717, 1.165) is 32.1 Å². The molecule has 1 atom stereocenters. The molecule has 2 fully saturated rings. The average molecular weight is 456 g/mol. The molecule has 0 aromatic heterocycles. The number of Topliss-reactive ketones (excluding diaryl/α,β-unsaturated/α-hetero) is 1. The molecule has 2 aromatic carbocycles. The van der Waals surface area contributed by atoms with Crippen LogP contribution in [0.3, 0.4) is 0 Å². The molecule has 0 spiro atoms. The third kappa shape index (κ3) is 3.84. The van der Waals surface area contributed by atoms with Gasteiger partial charge in [-0.15, -0.1) is 0 Å². The minimum Gasteiger partial charge on any atom is -0.507 e. The quantitative estimate of drug-likeness (QED) is 0.385. The Morgan fingerprint density at radius 2 is 1.69 bits per heavy atom. The number of ether oxygens (including phenoxy) is 2. The second kappa shape index (κ2) is 9.25. The van der Waals surface area contributed by atoms with Crippen molar-refractivity contribution < 1.29 is 24.2 Å². The second-order valence-corrected chi connectivity index (χ2v) is 8.50. The van der Waals surface area contributed by atoms with Gasteiger partial charge < -0.3 is 19.5 Å². The predicted octanol–water partition coefficient (Wildman–Crippen LogP) is 5.11. The van der Waals surface area contributed by atoms with Crippen molar-refractivity contribution in [2.45, 2.75) is 44.2 Å². The number of benzene rings is 2. The van der Waals surface area contributed by atoms with Crippen LogP contribution in [-0.4, -0.2) is 42.0 Å². The molecular weight excluding hydrogens is 430 g/mol. The molecule has 168 valence electrons. The number of hydrogen-bond donors (Lipinski definition) is 1. The Morgan fingerprint density at radius 1 is 1.00 bits per heavy atom. The molecule has 1 unspecified atom stereocenters. The van der Waals surface area contributed by atoms with E-state index in [1.807, 2.05) is 18.2 Å². The van der Waals surface area contributed by atoms with Crippen molar-refractivity contribution in [2.24, 2.45) is 0 Å². The summed E-state index contributed by atoms with van der Waals surface area (Å²) in [6.45, 7) is 0. The first kappa shape index (κ1) is 22.2. The Bertz CT molecular complexity index is 1070. The third-order valence-corrected chi connectivity index (χ3v) is 6.60. The number of ketones is 1. The predicted molar refractivity (Wildman–Crippen MR) is 122 cm³/mol. The number of para-hydroxylation sites is 1. The lowest BCUT2D eigenvalue weighted by atomic mass is 9.90. The SMILES string of the molecule is COc1ccc(/C(O)=C2\C(=O)C(=O)N(C3CCCCC3)C2c2ccccc2OC)cc1Cl. The van der Waals surface area contributed by atoms with E-state index < -0.39 is 17.7 Å². The Balaban J connectivity index is 1.90. The molecule has 6 nitrogen and oxygen atoms in total. The lowest BCUT2D eigenvalue weighted by Gasteiger charge is -2.35. The van der Waals surface area contributed by atoms with Gasteiger partial charge in [-0.05, 0) is 37.1 Å². The van der Waals surface area contributed by atoms with Crippen molar-refractivity contribution in [3.8, 4) is 11.5 Å². The number of aliphatic hydroxyl groups excluding tert-OH is 1. The van der Waals surface area contributed by atoms with Gasteiger partial charge in [-0.2, -0.15) is 0 Å². The third-order valence-electron chi connectivity index (χ3n) is 6.31. The van der Waals surface area contributed by atoms with Crippen molar-refractivity contribution in [2.75, 3.05) is 14.2 Å². The Kier molecular flexibility index (Phi) is 6.42. The summed E-state index contributed by atoms with van der Waals surface area (Å²) in [7, 11) is 3.05. The monoisotopic (exact) mass is 455 g/mol. The van der Waals surface area contributed by atoms with Crippen LogP contribution >= 0.6 is 11.6 Å². The molecule has 2 aliphatic rings. The lowest BCUT2D eigenvalue weighted by molar-refractivity contribution is -0.141. The minimum absolute atomic E-state index is 0.0475. The van der Waals surface area contributed by atoms with E-state index in [1.165, 1.54) is 13.2 Å². The molecule has 1 aliphatic heterocycles. The molecule has 4 rings (SSSR count). The van der Waals surface area contributed by atoms with E-state index in [9.17, 15) is 14.7 Å². The highest BCUT2D eigenvalue weighted by atomic mass is 35.5. The molecule has 0 bridgehead atoms. The topological polar surface area (TPSA) is 76.1 Å². The van der Waals surface area contributed by atoms with Crippen LogP contribution in [0, 0.1) is 0 Å². The van der Waals surface area contributed by atoms with E-state index >= 15 is 0 Å². The average Bonchev–Trinajstić information content (AvgIpc) is 3.09. The fourth-order valence-electron chi connectivity index (χ4n) is 4.75. The summed E-state index contributed by atoms with van der Waals surface area (Å²) >= 11 is 6.26. The number of carbonyl (C=O) groups is 2. The molecule has 1 amide bonds. The first-order valence-electron chi connectivity index (χ1n) is 10.7. The van der Waals surface area contributed by atoms with Gasteiger partial charge in [-0.1, -0.05) is 49.1 Å². The summed E-state index contributed by atoms with van der Waals surface area (Å²) in [6.07, 6.45) is 4.77. The van der Waals surface area contributed by atoms with Crippen molar-refractivity contribution in [3.05, 3.63) is 64.2 Å². The van der Waals surface area contributed by atoms with Gasteiger partial charge in [0.15, 0.2) is 0 Å². The van der Waals surface area contributed by atoms with Crippen molar-refractivity contribution in [1.82, 2.24) is 4.90 Å². The normalized spacial score (nSPS) is 21.1. The number of hydrogen-bond acceptors (Lipinski definition) is 5. The minimum atomic E-state index is -0.741. The first-order chi connectivity index (χ1) is 15.5. The molecule has 7 heteroatoms. The fraction of sp³-hybridized carbons (Fsp3) is 0.360. The van der Waals surface area contributed by atoms with Crippen LogP contribution in [0.15, 0.2) is 48.0 Å². The van der Waals surface area contributed by atoms with Crippen LogP contribution < -0.4 is 9.47 Å². The van der Waals surface area contributed by atoms with Gasteiger partial charge in [-0.25, -0.2) is 0 Å². The van der Waals surface area contributed by atoms with Crippen LogP contribution in [0.1, 0.15) is 49.3 Å². The highest BCUT2D eigenvalue weighted by molar-refractivity contribution is 6.46. The van der Waals surface area contributed by atoms with E-state index in [1.54, 1.807) is 30.2 Å². The maximum Gasteiger partial charge on any atom is 0.295 e. The number of rotatable bonds is 5. The van der Waals surface area contributed by atoms with Crippen LogP contribution in [0.2, 0.25) is 5.02 Å². The molecule has 1 N–H and O–H groups in total. The molecule has 2 aromatic rings. The smallest absolute Gasteiger partial charge is 0.295 e. The molecule has 1 aliphatic carbocycles. The molecule has 1 saturated carbocycles. The van der Waals surface area contributed by atoms with E-state index in [4.69, 9.17) is 21.1 Å². The lowest BCUT2D eigenvalue weighted by Crippen LogP contribution is -2.40. The van der Waals surface area contributed by atoms with E-state index in [2.05, 4.69) is 0 Å². The molecule has 0 radical (unpaired) electrons. The zero-order valence-corrected chi connectivity index (χ0v) is 18.9. The Hall–Kier alpha value is -2.99. The van der Waals surface area contributed by atoms with E-state index in [-0.39, 0.29) is 17.4 Å². The zero-order valence-electron chi connectivity index (χ0n) is 18.1. The van der Waals surface area contributed by atoms with Crippen LogP contribution in [0.5, 0.6) is 11.5 Å². The Morgan fingerprint density at radius 3 is 2.34 bits per heavy atom. The van der Waals surface area contributed by atoms with Gasteiger partial charge in [0.25, 0.3) is 11.7 Å². The summed E-state index contributed by atoms with van der Waals surface area (Å²) in [6, 6.07) is 11.2. The maximum atomic E-state index is 13.3. The van der Waals surface area contributed by atoms with Gasteiger partial charge in [0, 0.05) is 17.2 Å². The highest BCUT2D eigenvalue weighted by Crippen LogP contribution is 2.45. The van der Waals surface area contributed by atoms with Gasteiger partial charge in [0.2, 0.25) is 0 Å². The van der Waals surface area contributed by atoms with Gasteiger partial charge in [0.1, 0.15) is 17.3 Å². The number of amides is 1. The van der Waals surface area contributed by atoms with Crippen molar-refractivity contribution in [3.63, 3.8) is 0 Å². The standard InChI is InChI=1S/C25H26ClNO5/c1-31-19-11-7-6-10-17(19)22-21(23(28)15-12-13-20(32-2)18(26)14-15)24(29)25(30)27(22)16-8-4-3-5-9-16/h6-7,10-14,16,22,28H,3-5,8-9H2,1-2H3/b23-21+. The van der Waals surface area contributed by atoms with Crippen LogP contribution in [0.4, 0.5) is 0 Å². The number of halogens is 1. The van der Waals surface area contributed by atoms with Crippen molar-refractivity contribution >= 4 is 29.1 Å². The summed E-state index contributed by atoms with van der Waals surface area (Å²) in [5.74, 6) is -0.543. The number of likely N-dealkylation sites (tertiary alicyclic amines) is 1. The largest absolute Gasteiger partial charge is 0.507 e. The number of methoxy groups -OCH3 is 2. The van der Waals surface area contributed by atoms with E-state index in [0.29, 0.717) is 27.6 Å². The molecule has 32 heavy (non-hydrogen) atoms. The zero-order chi connectivity index (χ0) is 22.8. The second-order valence-electron chi connectivity index (χ2n) is 8.09. The fourth-order valence-corrected chi connectivity index (χ4v) is 5.01. The molecular formula is C25H26ClNO5. The summed E-state index contributed by atoms with van der Waals surface area (Å²) in [4.78, 5) is 28.2. The van der Waals surface area contributed by atoms with Crippen LogP contribution in [0.25, 0.3) is 5.76 Å². The summed E-state index contributed by atoms with van der Waals surface area (Å²) in [5.41, 5.74) is 1.06. The highest BCUT2D eigenvalue weighted by Gasteiger charge is 2.49. The van der Waals surface area contributed by atoms with Gasteiger partial charge in [-0.3, -0.25) is 9.59 Å². The van der Waals surface area contributed by atoms with Gasteiger partial charge in [0.05, 0.1) is 30.9 Å². The van der Waals surface area contributed by atoms with Gasteiger partial charge >= 0.3 is 0 Å². The maximum absolute atomic E-state index is 13.3. The van der Waals surface area contributed by atoms with Crippen LogP contribution in [-0.2, 0) is 9.59 Å². The molecule has 1 heterocycles. The number of nitrogens with zero attached hydrogens (tertiary/aromatic N) is 1. The van der Waals surface area contributed by atoms with Crippen molar-refractivity contribution in [1.29, 1.82) is 0 Å². The Labute approximate surface area is 192 Å². The number of carbonyl (C=O) groups excluding carboxylic acids is 2.